The maximum atomic E-state index is 5.18. The quantitative estimate of drug-likeness (QED) is 0.591. The molecule has 0 bridgehead atoms. The molecule has 1 saturated carbocycles. The minimum atomic E-state index is 0.816. The lowest BCUT2D eigenvalue weighted by Crippen LogP contribution is -2.18. The summed E-state index contributed by atoms with van der Waals surface area (Å²) in [5.74, 6) is 2.07. The first-order chi connectivity index (χ1) is 7.38. The van der Waals surface area contributed by atoms with Gasteiger partial charge in [-0.15, -0.1) is 11.8 Å². The molecule has 0 spiro atoms. The summed E-state index contributed by atoms with van der Waals surface area (Å²) >= 11 is 1.88. The van der Waals surface area contributed by atoms with Crippen molar-refractivity contribution in [1.29, 1.82) is 0 Å². The SMILES string of the molecule is COc1cccc(SCCNC2CC2)c1. The topological polar surface area (TPSA) is 21.3 Å². The molecule has 3 heteroatoms. The van der Waals surface area contributed by atoms with Crippen LogP contribution in [0.4, 0.5) is 0 Å². The van der Waals surface area contributed by atoms with Crippen LogP contribution in [0.15, 0.2) is 29.2 Å². The largest absolute Gasteiger partial charge is 0.497 e. The van der Waals surface area contributed by atoms with Gasteiger partial charge in [0.25, 0.3) is 0 Å². The summed E-state index contributed by atoms with van der Waals surface area (Å²) in [7, 11) is 1.71. The van der Waals surface area contributed by atoms with E-state index >= 15 is 0 Å². The van der Waals surface area contributed by atoms with Crippen molar-refractivity contribution in [2.24, 2.45) is 0 Å². The Balaban J connectivity index is 1.71. The van der Waals surface area contributed by atoms with Crippen molar-refractivity contribution >= 4 is 11.8 Å². The fourth-order valence-corrected chi connectivity index (χ4v) is 2.24. The lowest BCUT2D eigenvalue weighted by molar-refractivity contribution is 0.413. The molecule has 0 aromatic heterocycles. The standard InChI is InChI=1S/C12H17NOS/c1-14-11-3-2-4-12(9-11)15-8-7-13-10-5-6-10/h2-4,9-10,13H,5-8H2,1H3. The Kier molecular flexibility index (Phi) is 3.92. The monoisotopic (exact) mass is 223 g/mol. The van der Waals surface area contributed by atoms with E-state index < -0.39 is 0 Å². The fraction of sp³-hybridized carbons (Fsp3) is 0.500. The first-order valence-electron chi connectivity index (χ1n) is 5.39. The van der Waals surface area contributed by atoms with Crippen molar-refractivity contribution in [2.45, 2.75) is 23.8 Å². The second-order valence-electron chi connectivity index (χ2n) is 3.76. The minimum absolute atomic E-state index is 0.816. The normalized spacial score (nSPS) is 15.3. The van der Waals surface area contributed by atoms with Crippen molar-refractivity contribution in [3.63, 3.8) is 0 Å². The average molecular weight is 223 g/mol. The second-order valence-corrected chi connectivity index (χ2v) is 4.92. The summed E-state index contributed by atoms with van der Waals surface area (Å²) in [5, 5.41) is 3.50. The van der Waals surface area contributed by atoms with Crippen molar-refractivity contribution < 1.29 is 4.74 Å². The van der Waals surface area contributed by atoms with Crippen molar-refractivity contribution in [1.82, 2.24) is 5.32 Å². The van der Waals surface area contributed by atoms with Gasteiger partial charge in [0.2, 0.25) is 0 Å². The maximum Gasteiger partial charge on any atom is 0.119 e. The van der Waals surface area contributed by atoms with E-state index in [9.17, 15) is 0 Å². The molecule has 0 aliphatic heterocycles. The van der Waals surface area contributed by atoms with Crippen molar-refractivity contribution in [2.75, 3.05) is 19.4 Å². The van der Waals surface area contributed by atoms with Gasteiger partial charge in [-0.25, -0.2) is 0 Å². The van der Waals surface area contributed by atoms with Gasteiger partial charge >= 0.3 is 0 Å². The Bertz CT molecular complexity index is 312. The molecule has 15 heavy (non-hydrogen) atoms. The van der Waals surface area contributed by atoms with E-state index in [1.807, 2.05) is 23.9 Å². The highest BCUT2D eigenvalue weighted by molar-refractivity contribution is 7.99. The van der Waals surface area contributed by atoms with Gasteiger partial charge in [-0.3, -0.25) is 0 Å². The van der Waals surface area contributed by atoms with Gasteiger partial charge < -0.3 is 10.1 Å². The molecule has 2 rings (SSSR count). The van der Waals surface area contributed by atoms with E-state index in [0.29, 0.717) is 0 Å². The van der Waals surface area contributed by atoms with Crippen molar-refractivity contribution in [3.8, 4) is 5.75 Å². The summed E-state index contributed by atoms with van der Waals surface area (Å²) in [5.41, 5.74) is 0. The van der Waals surface area contributed by atoms with Gasteiger partial charge in [0.05, 0.1) is 7.11 Å². The third kappa shape index (κ3) is 3.76. The number of rotatable bonds is 6. The predicted molar refractivity (Wildman–Crippen MR) is 64.7 cm³/mol. The molecule has 1 aromatic rings. The molecule has 2 nitrogen and oxygen atoms in total. The summed E-state index contributed by atoms with van der Waals surface area (Å²) < 4.78 is 5.18. The Hall–Kier alpha value is -0.670. The highest BCUT2D eigenvalue weighted by atomic mass is 32.2. The first-order valence-corrected chi connectivity index (χ1v) is 6.37. The average Bonchev–Trinajstić information content (AvgIpc) is 3.09. The van der Waals surface area contributed by atoms with Crippen molar-refractivity contribution in [3.05, 3.63) is 24.3 Å². The Morgan fingerprint density at radius 3 is 3.07 bits per heavy atom. The van der Waals surface area contributed by atoms with E-state index in [0.717, 1.165) is 24.1 Å². The molecule has 0 saturated heterocycles. The van der Waals surface area contributed by atoms with Gasteiger partial charge in [-0.2, -0.15) is 0 Å². The second kappa shape index (κ2) is 5.42. The van der Waals surface area contributed by atoms with Crippen LogP contribution in [-0.4, -0.2) is 25.4 Å². The zero-order chi connectivity index (χ0) is 10.5. The molecular formula is C12H17NOS. The van der Waals surface area contributed by atoms with Crippen LogP contribution < -0.4 is 10.1 Å². The molecular weight excluding hydrogens is 206 g/mol. The number of thioether (sulfide) groups is 1. The molecule has 1 aliphatic rings. The predicted octanol–water partition coefficient (Wildman–Crippen LogP) is 2.54. The van der Waals surface area contributed by atoms with Gasteiger partial charge in [-0.05, 0) is 31.0 Å². The molecule has 1 N–H and O–H groups in total. The highest BCUT2D eigenvalue weighted by Crippen LogP contribution is 2.23. The molecule has 1 fully saturated rings. The zero-order valence-corrected chi connectivity index (χ0v) is 9.85. The molecule has 82 valence electrons. The first kappa shape index (κ1) is 10.8. The summed E-state index contributed by atoms with van der Waals surface area (Å²) in [6.45, 7) is 1.10. The number of hydrogen-bond donors (Lipinski definition) is 1. The molecule has 0 unspecified atom stereocenters. The van der Waals surface area contributed by atoms with E-state index in [-0.39, 0.29) is 0 Å². The molecule has 0 amide bonds. The number of nitrogens with one attached hydrogen (secondary N) is 1. The van der Waals surface area contributed by atoms with Gasteiger partial charge in [-0.1, -0.05) is 6.07 Å². The van der Waals surface area contributed by atoms with E-state index in [2.05, 4.69) is 17.4 Å². The van der Waals surface area contributed by atoms with Crippen LogP contribution in [0.25, 0.3) is 0 Å². The van der Waals surface area contributed by atoms with Crippen LogP contribution in [-0.2, 0) is 0 Å². The summed E-state index contributed by atoms with van der Waals surface area (Å²) in [6.07, 6.45) is 2.73. The Labute approximate surface area is 95.4 Å². The lowest BCUT2D eigenvalue weighted by Gasteiger charge is -2.04. The molecule has 0 atom stereocenters. The van der Waals surface area contributed by atoms with Crippen LogP contribution in [0.5, 0.6) is 5.75 Å². The summed E-state index contributed by atoms with van der Waals surface area (Å²) in [6, 6.07) is 9.05. The number of benzene rings is 1. The molecule has 1 aliphatic carbocycles. The van der Waals surface area contributed by atoms with Crippen LogP contribution in [0, 0.1) is 0 Å². The van der Waals surface area contributed by atoms with Gasteiger partial charge in [0, 0.05) is 23.2 Å². The smallest absolute Gasteiger partial charge is 0.119 e. The Morgan fingerprint density at radius 2 is 2.33 bits per heavy atom. The molecule has 1 aromatic carbocycles. The van der Waals surface area contributed by atoms with Crippen LogP contribution in [0.3, 0.4) is 0 Å². The highest BCUT2D eigenvalue weighted by Gasteiger charge is 2.19. The zero-order valence-electron chi connectivity index (χ0n) is 9.03. The maximum absolute atomic E-state index is 5.18. The third-order valence-corrected chi connectivity index (χ3v) is 3.42. The number of hydrogen-bond acceptors (Lipinski definition) is 3. The van der Waals surface area contributed by atoms with E-state index in [4.69, 9.17) is 4.74 Å². The van der Waals surface area contributed by atoms with Crippen LogP contribution >= 0.6 is 11.8 Å². The Morgan fingerprint density at radius 1 is 1.47 bits per heavy atom. The van der Waals surface area contributed by atoms with E-state index in [1.165, 1.54) is 17.7 Å². The number of ether oxygens (including phenoxy) is 1. The van der Waals surface area contributed by atoms with Gasteiger partial charge in [0.1, 0.15) is 5.75 Å². The molecule has 0 heterocycles. The minimum Gasteiger partial charge on any atom is -0.497 e. The van der Waals surface area contributed by atoms with Gasteiger partial charge in [0.15, 0.2) is 0 Å². The fourth-order valence-electron chi connectivity index (χ4n) is 1.41. The molecule has 0 radical (unpaired) electrons. The van der Waals surface area contributed by atoms with Crippen LogP contribution in [0.1, 0.15) is 12.8 Å². The third-order valence-electron chi connectivity index (χ3n) is 2.42. The number of methoxy groups -OCH3 is 1. The summed E-state index contributed by atoms with van der Waals surface area (Å²) in [4.78, 5) is 1.28. The van der Waals surface area contributed by atoms with Crippen LogP contribution in [0.2, 0.25) is 0 Å². The van der Waals surface area contributed by atoms with E-state index in [1.54, 1.807) is 7.11 Å². The lowest BCUT2D eigenvalue weighted by atomic mass is 10.3.